The second-order valence-electron chi connectivity index (χ2n) is 7.12. The summed E-state index contributed by atoms with van der Waals surface area (Å²) in [4.78, 5) is 25.0. The highest BCUT2D eigenvalue weighted by Crippen LogP contribution is 2.17. The van der Waals surface area contributed by atoms with Crippen molar-refractivity contribution in [2.75, 3.05) is 13.1 Å². The number of ether oxygens (including phenoxy) is 1. The van der Waals surface area contributed by atoms with E-state index in [1.54, 1.807) is 31.7 Å². The smallest absolute Gasteiger partial charge is 0.408 e. The lowest BCUT2D eigenvalue weighted by molar-refractivity contribution is -0.130. The van der Waals surface area contributed by atoms with Crippen LogP contribution in [0.2, 0.25) is 0 Å². The molecule has 0 aromatic heterocycles. The van der Waals surface area contributed by atoms with Gasteiger partial charge in [-0.3, -0.25) is 4.79 Å². The summed E-state index contributed by atoms with van der Waals surface area (Å²) >= 11 is 0. The predicted octanol–water partition coefficient (Wildman–Crippen LogP) is 5.40. The zero-order valence-corrected chi connectivity index (χ0v) is 18.9. The maximum Gasteiger partial charge on any atom is 0.408 e. The highest BCUT2D eigenvalue weighted by Gasteiger charge is 2.26. The number of hydrogen-bond donors (Lipinski definition) is 1. The van der Waals surface area contributed by atoms with E-state index in [2.05, 4.69) is 32.7 Å². The maximum absolute atomic E-state index is 11.9. The number of carbonyl (C=O) groups is 2. The van der Waals surface area contributed by atoms with Crippen molar-refractivity contribution < 1.29 is 14.3 Å². The SMILES string of the molecule is C=C[C@@H]1CCCN1C(=O)CNC(=O)OC(C)(C)C.CC.CC.CC(C)C. The van der Waals surface area contributed by atoms with Gasteiger partial charge in [0.25, 0.3) is 0 Å². The molecule has 1 N–H and O–H groups in total. The molecule has 1 heterocycles. The summed E-state index contributed by atoms with van der Waals surface area (Å²) in [5, 5.41) is 2.47. The molecule has 1 atom stereocenters. The van der Waals surface area contributed by atoms with E-state index >= 15 is 0 Å². The molecule has 1 aliphatic heterocycles. The van der Waals surface area contributed by atoms with Crippen molar-refractivity contribution in [3.8, 4) is 0 Å². The molecule has 0 aliphatic carbocycles. The van der Waals surface area contributed by atoms with Gasteiger partial charge < -0.3 is 15.0 Å². The van der Waals surface area contributed by atoms with Gasteiger partial charge in [-0.05, 0) is 39.5 Å². The molecule has 0 aromatic carbocycles. The quantitative estimate of drug-likeness (QED) is 0.675. The molecule has 0 unspecified atom stereocenters. The van der Waals surface area contributed by atoms with E-state index in [1.165, 1.54) is 0 Å². The maximum atomic E-state index is 11.9. The Bertz CT molecular complexity index is 371. The number of likely N-dealkylation sites (tertiary alicyclic amines) is 1. The Morgan fingerprint density at radius 3 is 2.04 bits per heavy atom. The lowest BCUT2D eigenvalue weighted by atomic mass is 10.2. The molecular weight excluding hydrogens is 328 g/mol. The average Bonchev–Trinajstić information content (AvgIpc) is 3.03. The van der Waals surface area contributed by atoms with Crippen molar-refractivity contribution in [2.45, 2.75) is 93.7 Å². The van der Waals surface area contributed by atoms with Crippen LogP contribution >= 0.6 is 0 Å². The van der Waals surface area contributed by atoms with Gasteiger partial charge in [-0.25, -0.2) is 4.79 Å². The summed E-state index contributed by atoms with van der Waals surface area (Å²) in [6.07, 6.45) is 3.14. The van der Waals surface area contributed by atoms with Gasteiger partial charge in [0.15, 0.2) is 0 Å². The number of alkyl carbamates (subject to hydrolysis) is 1. The molecule has 1 saturated heterocycles. The van der Waals surface area contributed by atoms with Crippen LogP contribution in [0, 0.1) is 5.92 Å². The third-order valence-corrected chi connectivity index (χ3v) is 2.67. The Balaban J connectivity index is -0.000000568. The van der Waals surface area contributed by atoms with Crippen molar-refractivity contribution in [2.24, 2.45) is 5.92 Å². The molecule has 0 aromatic rings. The van der Waals surface area contributed by atoms with Crippen LogP contribution in [0.1, 0.15) is 82.1 Å². The molecule has 0 radical (unpaired) electrons. The van der Waals surface area contributed by atoms with Crippen LogP contribution in [0.4, 0.5) is 4.79 Å². The third-order valence-electron chi connectivity index (χ3n) is 2.67. The largest absolute Gasteiger partial charge is 0.444 e. The van der Waals surface area contributed by atoms with Gasteiger partial charge in [-0.1, -0.05) is 54.5 Å². The van der Waals surface area contributed by atoms with Gasteiger partial charge in [0.05, 0.1) is 0 Å². The highest BCUT2D eigenvalue weighted by atomic mass is 16.6. The fourth-order valence-corrected chi connectivity index (χ4v) is 1.91. The number of rotatable bonds is 3. The summed E-state index contributed by atoms with van der Waals surface area (Å²) in [6, 6.07) is 0.0953. The standard InChI is InChI=1S/C13H22N2O3.C4H10.2C2H6/c1-5-10-7-6-8-15(10)11(16)9-14-12(17)18-13(2,3)4;1-4(2)3;2*1-2/h5,10H,1,6-9H2,2-4H3,(H,14,17);4H,1-3H3;2*1-2H3/t10-;;;/m1.../s1. The molecule has 1 aliphatic rings. The minimum absolute atomic E-state index is 0.0285. The zero-order valence-electron chi connectivity index (χ0n) is 18.9. The molecule has 156 valence electrons. The van der Waals surface area contributed by atoms with E-state index in [0.29, 0.717) is 0 Å². The zero-order chi connectivity index (χ0) is 21.3. The van der Waals surface area contributed by atoms with Crippen LogP contribution in [0.5, 0.6) is 0 Å². The van der Waals surface area contributed by atoms with Crippen LogP contribution in [-0.4, -0.2) is 41.6 Å². The first-order chi connectivity index (χ1) is 12.1. The molecule has 0 bridgehead atoms. The summed E-state index contributed by atoms with van der Waals surface area (Å²) in [7, 11) is 0. The third kappa shape index (κ3) is 17.3. The van der Waals surface area contributed by atoms with Gasteiger partial charge in [0, 0.05) is 12.6 Å². The highest BCUT2D eigenvalue weighted by molar-refractivity contribution is 5.82. The Kier molecular flexibility index (Phi) is 19.0. The predicted molar refractivity (Wildman–Crippen MR) is 112 cm³/mol. The number of nitrogens with one attached hydrogen (secondary N) is 1. The Morgan fingerprint density at radius 1 is 1.19 bits per heavy atom. The lowest BCUT2D eigenvalue weighted by Gasteiger charge is -2.23. The van der Waals surface area contributed by atoms with Gasteiger partial charge in [0.1, 0.15) is 12.1 Å². The van der Waals surface area contributed by atoms with Crippen LogP contribution in [0.3, 0.4) is 0 Å². The number of carbonyl (C=O) groups excluding carboxylic acids is 2. The Hall–Kier alpha value is -1.52. The monoisotopic (exact) mass is 372 g/mol. The van der Waals surface area contributed by atoms with E-state index < -0.39 is 11.7 Å². The van der Waals surface area contributed by atoms with Crippen LogP contribution in [0.25, 0.3) is 0 Å². The number of amides is 2. The second-order valence-corrected chi connectivity index (χ2v) is 7.12. The van der Waals surface area contributed by atoms with Gasteiger partial charge in [-0.15, -0.1) is 6.58 Å². The first-order valence-electron chi connectivity index (χ1n) is 9.95. The van der Waals surface area contributed by atoms with Gasteiger partial charge in [-0.2, -0.15) is 0 Å². The molecule has 2 amide bonds. The molecule has 1 rings (SSSR count). The Morgan fingerprint density at radius 2 is 1.65 bits per heavy atom. The van der Waals surface area contributed by atoms with Crippen molar-refractivity contribution in [1.29, 1.82) is 0 Å². The van der Waals surface area contributed by atoms with Gasteiger partial charge in [0.2, 0.25) is 5.91 Å². The van der Waals surface area contributed by atoms with Crippen molar-refractivity contribution in [3.63, 3.8) is 0 Å². The molecule has 0 saturated carbocycles. The number of hydrogen-bond acceptors (Lipinski definition) is 3. The van der Waals surface area contributed by atoms with Crippen molar-refractivity contribution >= 4 is 12.0 Å². The molecular formula is C21H44N2O3. The van der Waals surface area contributed by atoms with Crippen molar-refractivity contribution in [3.05, 3.63) is 12.7 Å². The Labute approximate surface area is 162 Å². The molecule has 5 nitrogen and oxygen atoms in total. The molecule has 0 spiro atoms. The van der Waals surface area contributed by atoms with Crippen LogP contribution in [-0.2, 0) is 9.53 Å². The summed E-state index contributed by atoms with van der Waals surface area (Å²) < 4.78 is 5.06. The topological polar surface area (TPSA) is 58.6 Å². The van der Waals surface area contributed by atoms with Crippen LogP contribution < -0.4 is 5.32 Å². The van der Waals surface area contributed by atoms with E-state index in [0.717, 1.165) is 25.3 Å². The summed E-state index contributed by atoms with van der Waals surface area (Å²) in [6.45, 7) is 24.3. The minimum Gasteiger partial charge on any atom is -0.444 e. The first-order valence-corrected chi connectivity index (χ1v) is 9.95. The normalized spacial score (nSPS) is 15.3. The lowest BCUT2D eigenvalue weighted by Crippen LogP contribution is -2.43. The van der Waals surface area contributed by atoms with E-state index in [-0.39, 0.29) is 18.5 Å². The summed E-state index contributed by atoms with van der Waals surface area (Å²) in [5.41, 5.74) is -0.551. The molecule has 5 heteroatoms. The van der Waals surface area contributed by atoms with Gasteiger partial charge >= 0.3 is 6.09 Å². The van der Waals surface area contributed by atoms with Crippen LogP contribution in [0.15, 0.2) is 12.7 Å². The van der Waals surface area contributed by atoms with E-state index in [9.17, 15) is 9.59 Å². The fourth-order valence-electron chi connectivity index (χ4n) is 1.91. The number of nitrogens with zero attached hydrogens (tertiary/aromatic N) is 1. The fraction of sp³-hybridized carbons (Fsp3) is 0.810. The second kappa shape index (κ2) is 16.9. The van der Waals surface area contributed by atoms with E-state index in [4.69, 9.17) is 4.74 Å². The van der Waals surface area contributed by atoms with E-state index in [1.807, 2.05) is 27.7 Å². The molecule has 1 fully saturated rings. The molecule has 26 heavy (non-hydrogen) atoms. The first kappa shape index (κ1) is 29.3. The van der Waals surface area contributed by atoms with Crippen molar-refractivity contribution in [1.82, 2.24) is 10.2 Å². The summed E-state index contributed by atoms with van der Waals surface area (Å²) in [5.74, 6) is 0.739. The average molecular weight is 373 g/mol. The minimum atomic E-state index is -0.565.